The molecule has 5 rings (SSSR count). The van der Waals surface area contributed by atoms with Gasteiger partial charge in [-0.25, -0.2) is 0 Å². The topological polar surface area (TPSA) is 113 Å². The summed E-state index contributed by atoms with van der Waals surface area (Å²) in [4.78, 5) is 17.7. The number of fused-ring (bicyclic) bond motifs is 3. The molecule has 3 N–H and O–H groups in total. The highest BCUT2D eigenvalue weighted by atomic mass is 35.5. The van der Waals surface area contributed by atoms with Crippen LogP contribution >= 0.6 is 11.6 Å². The second-order valence-electron chi connectivity index (χ2n) is 8.53. The number of nitrogens with zero attached hydrogens (tertiary/aromatic N) is 4. The number of hydrogen-bond donors (Lipinski definition) is 3. The Bertz CT molecular complexity index is 1490. The van der Waals surface area contributed by atoms with Crippen LogP contribution in [0.25, 0.3) is 16.8 Å². The van der Waals surface area contributed by atoms with E-state index in [0.717, 1.165) is 27.9 Å². The third kappa shape index (κ3) is 4.31. The Morgan fingerprint density at radius 1 is 0.972 bits per heavy atom. The SMILES string of the molecule is CCNC(=O)C[C@@H]1N=C(c2ccc(Cl)cc2)c2cc(-c3ccc(O)c(O)c3)ccc2-n2c(C)nnc21. The minimum absolute atomic E-state index is 0.121. The lowest BCUT2D eigenvalue weighted by molar-refractivity contribution is -0.121. The first-order valence-corrected chi connectivity index (χ1v) is 11.9. The maximum absolute atomic E-state index is 12.6. The zero-order valence-corrected chi connectivity index (χ0v) is 20.5. The van der Waals surface area contributed by atoms with Gasteiger partial charge in [-0.3, -0.25) is 14.4 Å². The van der Waals surface area contributed by atoms with Crippen molar-refractivity contribution in [2.24, 2.45) is 4.99 Å². The highest BCUT2D eigenvalue weighted by Gasteiger charge is 2.30. The lowest BCUT2D eigenvalue weighted by Crippen LogP contribution is -2.25. The van der Waals surface area contributed by atoms with E-state index in [1.807, 2.05) is 48.7 Å². The predicted molar refractivity (Wildman–Crippen MR) is 138 cm³/mol. The number of hydrogen-bond acceptors (Lipinski definition) is 6. The van der Waals surface area contributed by atoms with E-state index in [1.54, 1.807) is 18.2 Å². The number of carbonyl (C=O) groups is 1. The molecule has 0 unspecified atom stereocenters. The summed E-state index contributed by atoms with van der Waals surface area (Å²) < 4.78 is 1.93. The summed E-state index contributed by atoms with van der Waals surface area (Å²) in [5.74, 6) is 0.747. The molecular weight excluding hydrogens is 478 g/mol. The first-order valence-electron chi connectivity index (χ1n) is 11.5. The summed E-state index contributed by atoms with van der Waals surface area (Å²) in [6.45, 7) is 4.26. The van der Waals surface area contributed by atoms with Gasteiger partial charge in [-0.2, -0.15) is 0 Å². The van der Waals surface area contributed by atoms with Crippen LogP contribution < -0.4 is 5.32 Å². The number of amides is 1. The molecule has 3 aromatic carbocycles. The van der Waals surface area contributed by atoms with Crippen LogP contribution in [0.5, 0.6) is 11.5 Å². The smallest absolute Gasteiger partial charge is 0.222 e. The second-order valence-corrected chi connectivity index (χ2v) is 8.97. The van der Waals surface area contributed by atoms with Gasteiger partial charge in [0.2, 0.25) is 5.91 Å². The van der Waals surface area contributed by atoms with Crippen molar-refractivity contribution in [3.8, 4) is 28.3 Å². The molecular formula is C27H24ClN5O3. The Morgan fingerprint density at radius 2 is 1.67 bits per heavy atom. The average molecular weight is 502 g/mol. The van der Waals surface area contributed by atoms with Crippen molar-refractivity contribution in [2.75, 3.05) is 6.54 Å². The van der Waals surface area contributed by atoms with Crippen molar-refractivity contribution < 1.29 is 15.0 Å². The third-order valence-corrected chi connectivity index (χ3v) is 6.36. The van der Waals surface area contributed by atoms with Crippen LogP contribution in [0.4, 0.5) is 0 Å². The van der Waals surface area contributed by atoms with Crippen LogP contribution in [-0.4, -0.2) is 43.1 Å². The fourth-order valence-electron chi connectivity index (χ4n) is 4.40. The van der Waals surface area contributed by atoms with Crippen LogP contribution in [0.2, 0.25) is 5.02 Å². The highest BCUT2D eigenvalue weighted by Crippen LogP contribution is 2.36. The molecule has 4 aromatic rings. The van der Waals surface area contributed by atoms with Crippen molar-refractivity contribution in [1.82, 2.24) is 20.1 Å². The number of nitrogens with one attached hydrogen (secondary N) is 1. The molecule has 1 atom stereocenters. The summed E-state index contributed by atoms with van der Waals surface area (Å²) >= 11 is 6.17. The van der Waals surface area contributed by atoms with Gasteiger partial charge in [0.05, 0.1) is 17.8 Å². The second kappa shape index (κ2) is 9.47. The maximum atomic E-state index is 12.6. The molecule has 1 aliphatic heterocycles. The van der Waals surface area contributed by atoms with Gasteiger partial charge in [-0.1, -0.05) is 35.9 Å². The van der Waals surface area contributed by atoms with E-state index in [9.17, 15) is 15.0 Å². The van der Waals surface area contributed by atoms with Gasteiger partial charge in [0.1, 0.15) is 11.9 Å². The number of aromatic nitrogens is 3. The van der Waals surface area contributed by atoms with Crippen LogP contribution in [-0.2, 0) is 4.79 Å². The summed E-state index contributed by atoms with van der Waals surface area (Å²) in [6, 6.07) is 17.4. The van der Waals surface area contributed by atoms with Gasteiger partial charge in [-0.05, 0) is 61.4 Å². The lowest BCUT2D eigenvalue weighted by atomic mass is 9.95. The molecule has 1 aromatic heterocycles. The predicted octanol–water partition coefficient (Wildman–Crippen LogP) is 4.73. The van der Waals surface area contributed by atoms with Crippen LogP contribution in [0, 0.1) is 6.92 Å². The number of aliphatic imine (C=N–C) groups is 1. The molecule has 36 heavy (non-hydrogen) atoms. The fraction of sp³-hybridized carbons (Fsp3) is 0.185. The molecule has 2 heterocycles. The number of carbonyl (C=O) groups excluding carboxylic acids is 1. The monoisotopic (exact) mass is 501 g/mol. The molecule has 0 saturated carbocycles. The summed E-state index contributed by atoms with van der Waals surface area (Å²) in [7, 11) is 0. The van der Waals surface area contributed by atoms with Crippen molar-refractivity contribution in [3.63, 3.8) is 0 Å². The molecule has 182 valence electrons. The minimum Gasteiger partial charge on any atom is -0.504 e. The third-order valence-electron chi connectivity index (χ3n) is 6.10. The molecule has 0 radical (unpaired) electrons. The molecule has 0 fully saturated rings. The highest BCUT2D eigenvalue weighted by molar-refractivity contribution is 6.30. The Morgan fingerprint density at radius 3 is 2.39 bits per heavy atom. The van der Waals surface area contributed by atoms with Gasteiger partial charge in [0.15, 0.2) is 17.3 Å². The van der Waals surface area contributed by atoms with Crippen molar-refractivity contribution >= 4 is 23.2 Å². The van der Waals surface area contributed by atoms with Crippen molar-refractivity contribution in [2.45, 2.75) is 26.3 Å². The summed E-state index contributed by atoms with van der Waals surface area (Å²) in [5, 5.41) is 32.0. The molecule has 0 saturated heterocycles. The molecule has 1 aliphatic rings. The molecule has 8 nitrogen and oxygen atoms in total. The number of aromatic hydroxyl groups is 2. The number of rotatable bonds is 5. The lowest BCUT2D eigenvalue weighted by Gasteiger charge is -2.15. The van der Waals surface area contributed by atoms with Gasteiger partial charge < -0.3 is 15.5 Å². The normalized spacial score (nSPS) is 14.4. The zero-order chi connectivity index (χ0) is 25.4. The Kier molecular flexibility index (Phi) is 6.20. The largest absolute Gasteiger partial charge is 0.504 e. The van der Waals surface area contributed by atoms with E-state index in [1.165, 1.54) is 12.1 Å². The van der Waals surface area contributed by atoms with Crippen LogP contribution in [0.3, 0.4) is 0 Å². The Hall–Kier alpha value is -4.17. The Balaban J connectivity index is 1.75. The average Bonchev–Trinajstić information content (AvgIpc) is 3.18. The number of aryl methyl sites for hydroxylation is 1. The number of phenols is 2. The quantitative estimate of drug-likeness (QED) is 0.342. The van der Waals surface area contributed by atoms with E-state index in [4.69, 9.17) is 16.6 Å². The van der Waals surface area contributed by atoms with E-state index < -0.39 is 6.04 Å². The number of phenolic OH excluding ortho intramolecular Hbond substituents is 2. The van der Waals surface area contributed by atoms with E-state index in [0.29, 0.717) is 28.9 Å². The Labute approximate surface area is 212 Å². The fourth-order valence-corrected chi connectivity index (χ4v) is 4.52. The maximum Gasteiger partial charge on any atom is 0.222 e. The van der Waals surface area contributed by atoms with E-state index >= 15 is 0 Å². The van der Waals surface area contributed by atoms with Gasteiger partial charge in [0.25, 0.3) is 0 Å². The molecule has 0 bridgehead atoms. The number of benzene rings is 3. The standard InChI is InChI=1S/C27H24ClN5O3/c1-3-29-25(36)14-21-27-32-31-15(2)33(27)22-10-6-17(18-7-11-23(34)24(35)13-18)12-20(22)26(30-21)16-4-8-19(28)9-5-16/h4-13,21,34-35H,3,14H2,1-2H3,(H,29,36)/t21-/m0/s1. The number of halogens is 1. The van der Waals surface area contributed by atoms with E-state index in [2.05, 4.69) is 15.5 Å². The van der Waals surface area contributed by atoms with Gasteiger partial charge in [-0.15, -0.1) is 10.2 Å². The molecule has 0 aliphatic carbocycles. The summed E-state index contributed by atoms with van der Waals surface area (Å²) in [6.07, 6.45) is 0.121. The van der Waals surface area contributed by atoms with Crippen LogP contribution in [0.15, 0.2) is 65.7 Å². The van der Waals surface area contributed by atoms with Crippen molar-refractivity contribution in [1.29, 1.82) is 0 Å². The zero-order valence-electron chi connectivity index (χ0n) is 19.7. The first kappa shape index (κ1) is 23.6. The first-order chi connectivity index (χ1) is 17.4. The van der Waals surface area contributed by atoms with Gasteiger partial charge in [0, 0.05) is 22.7 Å². The minimum atomic E-state index is -0.558. The molecule has 1 amide bonds. The molecule has 9 heteroatoms. The van der Waals surface area contributed by atoms with Gasteiger partial charge >= 0.3 is 0 Å². The van der Waals surface area contributed by atoms with Crippen LogP contribution in [0.1, 0.15) is 42.2 Å². The van der Waals surface area contributed by atoms with E-state index in [-0.39, 0.29) is 23.8 Å². The summed E-state index contributed by atoms with van der Waals surface area (Å²) in [5.41, 5.74) is 4.71. The molecule has 0 spiro atoms. The van der Waals surface area contributed by atoms with Crippen molar-refractivity contribution in [3.05, 3.63) is 88.5 Å².